The van der Waals surface area contributed by atoms with Gasteiger partial charge in [-0.25, -0.2) is 9.78 Å². The summed E-state index contributed by atoms with van der Waals surface area (Å²) in [7, 11) is 0. The van der Waals surface area contributed by atoms with Gasteiger partial charge in [-0.15, -0.1) is 5.10 Å². The molecule has 8 nitrogen and oxygen atoms in total. The maximum atomic E-state index is 13.0. The lowest BCUT2D eigenvalue weighted by atomic mass is 10.2. The molecule has 1 fully saturated rings. The number of ether oxygens (including phenoxy) is 1. The third kappa shape index (κ3) is 4.14. The van der Waals surface area contributed by atoms with Gasteiger partial charge < -0.3 is 14.5 Å². The summed E-state index contributed by atoms with van der Waals surface area (Å²) in [6.07, 6.45) is -5.07. The van der Waals surface area contributed by atoms with E-state index in [1.807, 2.05) is 35.2 Å². The third-order valence-corrected chi connectivity index (χ3v) is 4.74. The maximum Gasteiger partial charge on any atom is 0.453 e. The number of benzene rings is 1. The lowest BCUT2D eigenvalue weighted by molar-refractivity contribution is -0.144. The molecule has 0 atom stereocenters. The van der Waals surface area contributed by atoms with Crippen molar-refractivity contribution in [2.75, 3.05) is 31.1 Å². The molecule has 3 aromatic rings. The Morgan fingerprint density at radius 2 is 1.80 bits per heavy atom. The Balaban J connectivity index is 1.44. The number of piperazine rings is 1. The molecule has 0 aliphatic carbocycles. The number of anilines is 1. The van der Waals surface area contributed by atoms with Gasteiger partial charge in [-0.2, -0.15) is 22.7 Å². The average Bonchev–Trinajstić information content (AvgIpc) is 3.17. The molecule has 11 heteroatoms. The second-order valence-electron chi connectivity index (χ2n) is 6.91. The Kier molecular flexibility index (Phi) is 5.18. The summed E-state index contributed by atoms with van der Waals surface area (Å²) in [6.45, 7) is 3.45. The van der Waals surface area contributed by atoms with Crippen molar-refractivity contribution < 1.29 is 22.7 Å². The number of rotatable bonds is 3. The molecular weight excluding hydrogens is 401 g/mol. The molecule has 0 saturated carbocycles. The van der Waals surface area contributed by atoms with Crippen molar-refractivity contribution in [3.8, 4) is 0 Å². The molecular formula is C19H19F3N6O2. The van der Waals surface area contributed by atoms with E-state index in [1.165, 1.54) is 0 Å². The van der Waals surface area contributed by atoms with E-state index in [0.717, 1.165) is 10.1 Å². The van der Waals surface area contributed by atoms with Crippen molar-refractivity contribution in [3.63, 3.8) is 0 Å². The summed E-state index contributed by atoms with van der Waals surface area (Å²) >= 11 is 0. The van der Waals surface area contributed by atoms with Crippen molar-refractivity contribution in [1.29, 1.82) is 0 Å². The van der Waals surface area contributed by atoms with E-state index in [4.69, 9.17) is 4.74 Å². The number of hydrogen-bond acceptors (Lipinski definition) is 6. The summed E-state index contributed by atoms with van der Waals surface area (Å²) < 4.78 is 45.4. The van der Waals surface area contributed by atoms with Crippen LogP contribution in [0.3, 0.4) is 0 Å². The van der Waals surface area contributed by atoms with Crippen molar-refractivity contribution >= 4 is 17.7 Å². The van der Waals surface area contributed by atoms with Gasteiger partial charge in [-0.05, 0) is 12.5 Å². The molecule has 2 aromatic heterocycles. The summed E-state index contributed by atoms with van der Waals surface area (Å²) in [5.74, 6) is -0.884. The zero-order valence-electron chi connectivity index (χ0n) is 16.1. The fraction of sp³-hybridized carbons (Fsp3) is 0.368. The Hall–Kier alpha value is -3.37. The first-order valence-corrected chi connectivity index (χ1v) is 9.33. The zero-order valence-corrected chi connectivity index (χ0v) is 16.1. The summed E-state index contributed by atoms with van der Waals surface area (Å²) in [6, 6.07) is 11.0. The second kappa shape index (κ2) is 7.81. The molecule has 0 unspecified atom stereocenters. The quantitative estimate of drug-likeness (QED) is 0.649. The normalized spacial score (nSPS) is 14.9. The highest BCUT2D eigenvalue weighted by molar-refractivity contribution is 5.68. The molecule has 158 valence electrons. The maximum absolute atomic E-state index is 13.0. The van der Waals surface area contributed by atoms with Crippen molar-refractivity contribution in [1.82, 2.24) is 24.5 Å². The SMILES string of the molecule is Cc1cc(N2CCN(C(=O)OCc3ccccc3)CC2)n2nc(C(F)(F)F)nc2n1. The second-order valence-corrected chi connectivity index (χ2v) is 6.91. The molecule has 0 radical (unpaired) electrons. The largest absolute Gasteiger partial charge is 0.453 e. The number of amides is 1. The first-order chi connectivity index (χ1) is 14.3. The summed E-state index contributed by atoms with van der Waals surface area (Å²) in [4.78, 5) is 23.3. The van der Waals surface area contributed by atoms with E-state index in [1.54, 1.807) is 17.9 Å². The molecule has 1 aliphatic rings. The van der Waals surface area contributed by atoms with Crippen LogP contribution in [0.2, 0.25) is 0 Å². The Bertz CT molecular complexity index is 1050. The van der Waals surface area contributed by atoms with E-state index >= 15 is 0 Å². The number of carbonyl (C=O) groups is 1. The topological polar surface area (TPSA) is 75.9 Å². The van der Waals surface area contributed by atoms with E-state index < -0.39 is 18.1 Å². The Labute approximate surface area is 169 Å². The van der Waals surface area contributed by atoms with Crippen LogP contribution in [0.25, 0.3) is 5.78 Å². The fourth-order valence-electron chi connectivity index (χ4n) is 3.24. The highest BCUT2D eigenvalue weighted by atomic mass is 19.4. The number of fused-ring (bicyclic) bond motifs is 1. The van der Waals surface area contributed by atoms with Crippen molar-refractivity contribution in [2.45, 2.75) is 19.7 Å². The van der Waals surface area contributed by atoms with Gasteiger partial charge in [0.2, 0.25) is 0 Å². The third-order valence-electron chi connectivity index (χ3n) is 4.74. The molecule has 1 amide bonds. The molecule has 0 spiro atoms. The van der Waals surface area contributed by atoms with E-state index in [9.17, 15) is 18.0 Å². The lowest BCUT2D eigenvalue weighted by Crippen LogP contribution is -2.49. The van der Waals surface area contributed by atoms with Crippen LogP contribution in [0.15, 0.2) is 36.4 Å². The van der Waals surface area contributed by atoms with Crippen LogP contribution in [-0.2, 0) is 17.5 Å². The van der Waals surface area contributed by atoms with Crippen LogP contribution < -0.4 is 4.90 Å². The first-order valence-electron chi connectivity index (χ1n) is 9.33. The zero-order chi connectivity index (χ0) is 21.3. The van der Waals surface area contributed by atoms with E-state index in [0.29, 0.717) is 37.7 Å². The monoisotopic (exact) mass is 420 g/mol. The molecule has 1 saturated heterocycles. The minimum atomic E-state index is -4.65. The number of alkyl halides is 3. The van der Waals surface area contributed by atoms with Gasteiger partial charge in [0.15, 0.2) is 0 Å². The highest BCUT2D eigenvalue weighted by Crippen LogP contribution is 2.28. The van der Waals surface area contributed by atoms with E-state index in [2.05, 4.69) is 15.1 Å². The van der Waals surface area contributed by atoms with E-state index in [-0.39, 0.29) is 12.4 Å². The Morgan fingerprint density at radius 3 is 2.47 bits per heavy atom. The van der Waals surface area contributed by atoms with Gasteiger partial charge in [-0.1, -0.05) is 30.3 Å². The van der Waals surface area contributed by atoms with Gasteiger partial charge in [0.1, 0.15) is 12.4 Å². The van der Waals surface area contributed by atoms with Crippen LogP contribution in [0.4, 0.5) is 23.8 Å². The van der Waals surface area contributed by atoms with Crippen LogP contribution >= 0.6 is 0 Å². The van der Waals surface area contributed by atoms with Crippen molar-refractivity contribution in [2.24, 2.45) is 0 Å². The first kappa shape index (κ1) is 19.9. The fourth-order valence-corrected chi connectivity index (χ4v) is 3.24. The summed E-state index contributed by atoms with van der Waals surface area (Å²) in [5.41, 5.74) is 1.43. The number of halogens is 3. The highest BCUT2D eigenvalue weighted by Gasteiger charge is 2.37. The molecule has 0 N–H and O–H groups in total. The van der Waals surface area contributed by atoms with Crippen molar-refractivity contribution in [3.05, 3.63) is 53.5 Å². The van der Waals surface area contributed by atoms with Gasteiger partial charge in [0, 0.05) is 37.9 Å². The lowest BCUT2D eigenvalue weighted by Gasteiger charge is -2.35. The number of aromatic nitrogens is 4. The number of nitrogens with zero attached hydrogens (tertiary/aromatic N) is 6. The minimum absolute atomic E-state index is 0.109. The van der Waals surface area contributed by atoms with Crippen LogP contribution in [0.1, 0.15) is 17.1 Å². The van der Waals surface area contributed by atoms with Gasteiger partial charge in [0.05, 0.1) is 0 Å². The molecule has 3 heterocycles. The van der Waals surface area contributed by atoms with Crippen LogP contribution in [-0.4, -0.2) is 56.8 Å². The predicted molar refractivity (Wildman–Crippen MR) is 101 cm³/mol. The molecule has 1 aromatic carbocycles. The van der Waals surface area contributed by atoms with Crippen LogP contribution in [0.5, 0.6) is 0 Å². The Morgan fingerprint density at radius 1 is 1.10 bits per heavy atom. The van der Waals surface area contributed by atoms with Gasteiger partial charge >= 0.3 is 12.3 Å². The predicted octanol–water partition coefficient (Wildman–Crippen LogP) is 2.91. The smallest absolute Gasteiger partial charge is 0.445 e. The number of hydrogen-bond donors (Lipinski definition) is 0. The average molecular weight is 420 g/mol. The van der Waals surface area contributed by atoms with Gasteiger partial charge in [0.25, 0.3) is 11.6 Å². The van der Waals surface area contributed by atoms with Crippen LogP contribution in [0, 0.1) is 6.92 Å². The molecule has 30 heavy (non-hydrogen) atoms. The van der Waals surface area contributed by atoms with Gasteiger partial charge in [-0.3, -0.25) is 0 Å². The minimum Gasteiger partial charge on any atom is -0.445 e. The molecule has 4 rings (SSSR count). The molecule has 1 aliphatic heterocycles. The number of aryl methyl sites for hydroxylation is 1. The number of carbonyl (C=O) groups excluding carboxylic acids is 1. The molecule has 0 bridgehead atoms. The summed E-state index contributed by atoms with van der Waals surface area (Å²) in [5, 5.41) is 3.59. The standard InChI is InChI=1S/C19H19F3N6O2/c1-13-11-15(28-17(23-13)24-16(25-28)19(20,21)22)26-7-9-27(10-8-26)18(29)30-12-14-5-3-2-4-6-14/h2-6,11H,7-10,12H2,1H3.